The highest BCUT2D eigenvalue weighted by Gasteiger charge is 2.21. The number of nitrogens with zero attached hydrogens (tertiary/aromatic N) is 3. The van der Waals surface area contributed by atoms with E-state index < -0.39 is 0 Å². The minimum Gasteiger partial charge on any atom is -0.339 e. The quantitative estimate of drug-likeness (QED) is 0.670. The molecule has 1 aliphatic heterocycles. The maximum absolute atomic E-state index is 12.2. The van der Waals surface area contributed by atoms with Crippen LogP contribution < -0.4 is 0 Å². The third-order valence-electron chi connectivity index (χ3n) is 3.66. The summed E-state index contributed by atoms with van der Waals surface area (Å²) in [7, 11) is 2.06. The van der Waals surface area contributed by atoms with Crippen molar-refractivity contribution in [2.24, 2.45) is 0 Å². The van der Waals surface area contributed by atoms with E-state index in [4.69, 9.17) is 0 Å². The lowest BCUT2D eigenvalue weighted by Crippen LogP contribution is -2.50. The molecule has 0 atom stereocenters. The first-order valence-electron chi connectivity index (χ1n) is 7.26. The summed E-state index contributed by atoms with van der Waals surface area (Å²) in [6.07, 6.45) is 3.21. The van der Waals surface area contributed by atoms with Gasteiger partial charge in [-0.15, -0.1) is 0 Å². The highest BCUT2D eigenvalue weighted by atomic mass is 16.2. The second kappa shape index (κ2) is 8.15. The zero-order valence-corrected chi connectivity index (χ0v) is 12.5. The number of piperazine rings is 1. The van der Waals surface area contributed by atoms with Gasteiger partial charge in [0.2, 0.25) is 11.8 Å². The van der Waals surface area contributed by atoms with Crippen molar-refractivity contribution < 1.29 is 9.59 Å². The van der Waals surface area contributed by atoms with E-state index in [2.05, 4.69) is 18.9 Å². The van der Waals surface area contributed by atoms with Crippen molar-refractivity contribution in [1.29, 1.82) is 0 Å². The Hall–Kier alpha value is -1.10. The molecule has 19 heavy (non-hydrogen) atoms. The van der Waals surface area contributed by atoms with E-state index in [1.807, 2.05) is 4.90 Å². The van der Waals surface area contributed by atoms with Crippen LogP contribution in [0.15, 0.2) is 0 Å². The van der Waals surface area contributed by atoms with Gasteiger partial charge < -0.3 is 14.7 Å². The Morgan fingerprint density at radius 2 is 1.74 bits per heavy atom. The van der Waals surface area contributed by atoms with Gasteiger partial charge in [0.25, 0.3) is 0 Å². The Labute approximate surface area is 116 Å². The van der Waals surface area contributed by atoms with Crippen LogP contribution in [0, 0.1) is 0 Å². The largest absolute Gasteiger partial charge is 0.339 e. The summed E-state index contributed by atoms with van der Waals surface area (Å²) >= 11 is 0. The Kier molecular flexibility index (Phi) is 6.84. The molecule has 5 heteroatoms. The maximum atomic E-state index is 12.2. The van der Waals surface area contributed by atoms with Gasteiger partial charge in [0.15, 0.2) is 0 Å². The number of rotatable bonds is 6. The molecule has 1 saturated heterocycles. The zero-order chi connectivity index (χ0) is 14.3. The molecular weight excluding hydrogens is 242 g/mol. The standard InChI is InChI=1S/C14H27N3O2/c1-4-5-6-7-17(13(2)18)12-14(19)16-10-8-15(3)9-11-16/h4-12H2,1-3H3. The highest BCUT2D eigenvalue weighted by molar-refractivity contribution is 5.83. The number of hydrogen-bond donors (Lipinski definition) is 0. The molecule has 1 aliphatic rings. The van der Waals surface area contributed by atoms with Crippen LogP contribution in [0.5, 0.6) is 0 Å². The van der Waals surface area contributed by atoms with Crippen LogP contribution in [-0.4, -0.2) is 72.8 Å². The predicted molar refractivity (Wildman–Crippen MR) is 75.9 cm³/mol. The molecule has 0 N–H and O–H groups in total. The molecule has 5 nitrogen and oxygen atoms in total. The third kappa shape index (κ3) is 5.59. The van der Waals surface area contributed by atoms with Crippen LogP contribution in [0.2, 0.25) is 0 Å². The summed E-state index contributed by atoms with van der Waals surface area (Å²) < 4.78 is 0. The molecule has 1 fully saturated rings. The molecule has 0 aromatic heterocycles. The molecule has 110 valence electrons. The first-order valence-corrected chi connectivity index (χ1v) is 7.26. The van der Waals surface area contributed by atoms with Gasteiger partial charge in [0.05, 0.1) is 6.54 Å². The van der Waals surface area contributed by atoms with Gasteiger partial charge >= 0.3 is 0 Å². The lowest BCUT2D eigenvalue weighted by molar-refractivity contribution is -0.140. The summed E-state index contributed by atoms with van der Waals surface area (Å²) in [5.74, 6) is 0.0818. The van der Waals surface area contributed by atoms with Gasteiger partial charge in [-0.25, -0.2) is 0 Å². The second-order valence-corrected chi connectivity index (χ2v) is 5.33. The van der Waals surface area contributed by atoms with E-state index >= 15 is 0 Å². The highest BCUT2D eigenvalue weighted by Crippen LogP contribution is 2.03. The number of carbonyl (C=O) groups is 2. The molecule has 0 aliphatic carbocycles. The van der Waals surface area contributed by atoms with E-state index in [9.17, 15) is 9.59 Å². The maximum Gasteiger partial charge on any atom is 0.242 e. The fourth-order valence-electron chi connectivity index (χ4n) is 2.22. The summed E-state index contributed by atoms with van der Waals surface area (Å²) in [6, 6.07) is 0. The van der Waals surface area contributed by atoms with Gasteiger partial charge in [-0.1, -0.05) is 19.8 Å². The molecule has 0 unspecified atom stereocenters. The summed E-state index contributed by atoms with van der Waals surface area (Å²) in [4.78, 5) is 29.5. The Morgan fingerprint density at radius 1 is 1.11 bits per heavy atom. The van der Waals surface area contributed by atoms with E-state index in [0.717, 1.165) is 45.4 Å². The molecule has 1 rings (SSSR count). The van der Waals surface area contributed by atoms with E-state index in [1.54, 1.807) is 11.8 Å². The first-order chi connectivity index (χ1) is 9.04. The van der Waals surface area contributed by atoms with Crippen LogP contribution in [0.3, 0.4) is 0 Å². The SMILES string of the molecule is CCCCCN(CC(=O)N1CCN(C)CC1)C(C)=O. The van der Waals surface area contributed by atoms with E-state index in [-0.39, 0.29) is 18.4 Å². The summed E-state index contributed by atoms with van der Waals surface area (Å²) in [5.41, 5.74) is 0. The molecule has 0 bridgehead atoms. The van der Waals surface area contributed by atoms with Crippen LogP contribution in [0.4, 0.5) is 0 Å². The smallest absolute Gasteiger partial charge is 0.242 e. The third-order valence-corrected chi connectivity index (χ3v) is 3.66. The van der Waals surface area contributed by atoms with Crippen molar-refractivity contribution in [2.45, 2.75) is 33.1 Å². The number of carbonyl (C=O) groups excluding carboxylic acids is 2. The topological polar surface area (TPSA) is 43.9 Å². The van der Waals surface area contributed by atoms with Crippen molar-refractivity contribution >= 4 is 11.8 Å². The van der Waals surface area contributed by atoms with Gasteiger partial charge in [-0.2, -0.15) is 0 Å². The number of likely N-dealkylation sites (N-methyl/N-ethyl adjacent to an activating group) is 1. The fourth-order valence-corrected chi connectivity index (χ4v) is 2.22. The van der Waals surface area contributed by atoms with Crippen molar-refractivity contribution in [3.8, 4) is 0 Å². The van der Waals surface area contributed by atoms with Gasteiger partial charge in [0.1, 0.15) is 0 Å². The van der Waals surface area contributed by atoms with Crippen LogP contribution in [0.25, 0.3) is 0 Å². The summed E-state index contributed by atoms with van der Waals surface area (Å²) in [6.45, 7) is 8.00. The van der Waals surface area contributed by atoms with Gasteiger partial charge in [0, 0.05) is 39.6 Å². The average Bonchev–Trinajstić information content (AvgIpc) is 2.38. The van der Waals surface area contributed by atoms with Gasteiger partial charge in [-0.05, 0) is 13.5 Å². The van der Waals surface area contributed by atoms with Crippen LogP contribution in [0.1, 0.15) is 33.1 Å². The summed E-state index contributed by atoms with van der Waals surface area (Å²) in [5, 5.41) is 0. The van der Waals surface area contributed by atoms with Crippen molar-refractivity contribution in [3.05, 3.63) is 0 Å². The molecule has 0 saturated carbocycles. The number of hydrogen-bond acceptors (Lipinski definition) is 3. The van der Waals surface area contributed by atoms with Crippen LogP contribution >= 0.6 is 0 Å². The Bertz CT molecular complexity index is 299. The minimum atomic E-state index is -0.00131. The molecule has 0 spiro atoms. The number of amides is 2. The van der Waals surface area contributed by atoms with Gasteiger partial charge in [-0.3, -0.25) is 9.59 Å². The first kappa shape index (κ1) is 16.0. The van der Waals surface area contributed by atoms with Crippen molar-refractivity contribution in [2.75, 3.05) is 46.3 Å². The minimum absolute atomic E-state index is 0.00131. The average molecular weight is 269 g/mol. The Balaban J connectivity index is 2.40. The number of unbranched alkanes of at least 4 members (excludes halogenated alkanes) is 2. The van der Waals surface area contributed by atoms with Crippen LogP contribution in [-0.2, 0) is 9.59 Å². The lowest BCUT2D eigenvalue weighted by atomic mass is 10.2. The molecule has 0 aromatic carbocycles. The van der Waals surface area contributed by atoms with Crippen molar-refractivity contribution in [1.82, 2.24) is 14.7 Å². The zero-order valence-electron chi connectivity index (χ0n) is 12.5. The lowest BCUT2D eigenvalue weighted by Gasteiger charge is -2.33. The Morgan fingerprint density at radius 3 is 2.26 bits per heavy atom. The monoisotopic (exact) mass is 269 g/mol. The normalized spacial score (nSPS) is 16.5. The molecule has 2 amide bonds. The fraction of sp³-hybridized carbons (Fsp3) is 0.857. The molecule has 1 heterocycles. The van der Waals surface area contributed by atoms with Crippen molar-refractivity contribution in [3.63, 3.8) is 0 Å². The second-order valence-electron chi connectivity index (χ2n) is 5.33. The predicted octanol–water partition coefficient (Wildman–Crippen LogP) is 0.799. The van der Waals surface area contributed by atoms with E-state index in [1.165, 1.54) is 0 Å². The molecule has 0 radical (unpaired) electrons. The molecular formula is C14H27N3O2. The molecule has 0 aromatic rings. The van der Waals surface area contributed by atoms with E-state index in [0.29, 0.717) is 6.54 Å².